The van der Waals surface area contributed by atoms with Gasteiger partial charge in [0.1, 0.15) is 29.4 Å². The number of ether oxygens (including phenoxy) is 1. The number of fused-ring (bicyclic) bond motifs is 2. The van der Waals surface area contributed by atoms with Gasteiger partial charge in [-0.1, -0.05) is 0 Å². The molecule has 7 rings (SSSR count). The second kappa shape index (κ2) is 10.3. The van der Waals surface area contributed by atoms with Gasteiger partial charge in [0, 0.05) is 41.4 Å². The van der Waals surface area contributed by atoms with Crippen molar-refractivity contribution < 1.29 is 9.13 Å². The summed E-state index contributed by atoms with van der Waals surface area (Å²) in [5.41, 5.74) is 5.36. The number of aromatic nitrogens is 6. The Morgan fingerprint density at radius 3 is 2.74 bits per heavy atom. The van der Waals surface area contributed by atoms with Crippen LogP contribution in [0.2, 0.25) is 0 Å². The van der Waals surface area contributed by atoms with Crippen LogP contribution in [0.4, 0.5) is 4.39 Å². The van der Waals surface area contributed by atoms with Crippen molar-refractivity contribution in [3.8, 4) is 28.5 Å². The Morgan fingerprint density at radius 2 is 1.87 bits per heavy atom. The van der Waals surface area contributed by atoms with Crippen LogP contribution < -0.4 is 10.1 Å². The number of aromatic amines is 2. The number of piperidine rings is 1. The quantitative estimate of drug-likeness (QED) is 0.284. The van der Waals surface area contributed by atoms with E-state index in [-0.39, 0.29) is 5.82 Å². The van der Waals surface area contributed by atoms with Gasteiger partial charge in [0.15, 0.2) is 5.82 Å². The maximum atomic E-state index is 14.7. The summed E-state index contributed by atoms with van der Waals surface area (Å²) < 4.78 is 20.6. The lowest BCUT2D eigenvalue weighted by molar-refractivity contribution is 0.237. The van der Waals surface area contributed by atoms with E-state index < -0.39 is 0 Å². The summed E-state index contributed by atoms with van der Waals surface area (Å²) in [4.78, 5) is 20.0. The van der Waals surface area contributed by atoms with E-state index in [0.29, 0.717) is 40.9 Å². The third-order valence-corrected chi connectivity index (χ3v) is 7.87. The van der Waals surface area contributed by atoms with Gasteiger partial charge in [-0.05, 0) is 76.1 Å². The predicted molar refractivity (Wildman–Crippen MR) is 148 cm³/mol. The molecule has 2 saturated heterocycles. The number of nitrogens with one attached hydrogen (secondary N) is 3. The highest BCUT2D eigenvalue weighted by atomic mass is 19.1. The molecular weight excluding hydrogens is 495 g/mol. The van der Waals surface area contributed by atoms with Crippen LogP contribution in [0, 0.1) is 5.82 Å². The van der Waals surface area contributed by atoms with Crippen LogP contribution in [0.5, 0.6) is 5.75 Å². The van der Waals surface area contributed by atoms with Crippen LogP contribution >= 0.6 is 0 Å². The summed E-state index contributed by atoms with van der Waals surface area (Å²) in [7, 11) is 0. The molecule has 2 aliphatic heterocycles. The standard InChI is InChI=1S/C29H31FN8O/c30-20-13-19(14-21(15-20)39-12-11-38-9-1-2-10-38)26-28-23(5-8-32-26)34-29(35-28)27-22-16-24(18-3-6-31-7-4-18)33-17-25(22)36-37-27/h5,8,13-18,31H,1-4,6-7,9-12H2,(H,34,35)(H,36,37). The topological polar surface area (TPSA) is 108 Å². The Morgan fingerprint density at radius 1 is 1.00 bits per heavy atom. The van der Waals surface area contributed by atoms with Crippen molar-refractivity contribution in [3.63, 3.8) is 0 Å². The Kier molecular flexibility index (Phi) is 6.41. The number of benzene rings is 1. The Balaban J connectivity index is 1.20. The summed E-state index contributed by atoms with van der Waals surface area (Å²) >= 11 is 0. The number of hydrogen-bond donors (Lipinski definition) is 3. The van der Waals surface area contributed by atoms with E-state index in [4.69, 9.17) is 14.7 Å². The first-order valence-electron chi connectivity index (χ1n) is 13.8. The average Bonchev–Trinajstić information content (AvgIpc) is 3.72. The van der Waals surface area contributed by atoms with Gasteiger partial charge in [-0.25, -0.2) is 9.37 Å². The molecule has 0 bridgehead atoms. The number of H-pyrrole nitrogens is 2. The molecule has 0 atom stereocenters. The molecule has 0 spiro atoms. The van der Waals surface area contributed by atoms with Gasteiger partial charge in [-0.2, -0.15) is 5.10 Å². The molecule has 0 unspecified atom stereocenters. The van der Waals surface area contributed by atoms with Crippen molar-refractivity contribution >= 4 is 21.9 Å². The van der Waals surface area contributed by atoms with E-state index >= 15 is 0 Å². The molecule has 10 heteroatoms. The van der Waals surface area contributed by atoms with Crippen LogP contribution in [-0.2, 0) is 0 Å². The minimum atomic E-state index is -0.366. The van der Waals surface area contributed by atoms with E-state index in [9.17, 15) is 4.39 Å². The Labute approximate surface area is 225 Å². The summed E-state index contributed by atoms with van der Waals surface area (Å²) in [6.45, 7) is 5.58. The monoisotopic (exact) mass is 526 g/mol. The lowest BCUT2D eigenvalue weighted by Gasteiger charge is -2.21. The average molecular weight is 527 g/mol. The Bertz CT molecular complexity index is 1620. The fourth-order valence-corrected chi connectivity index (χ4v) is 5.79. The van der Waals surface area contributed by atoms with Gasteiger partial charge in [0.25, 0.3) is 0 Å². The number of nitrogens with zero attached hydrogens (tertiary/aromatic N) is 5. The summed E-state index contributed by atoms with van der Waals surface area (Å²) in [5, 5.41) is 12.1. The molecule has 1 aromatic carbocycles. The van der Waals surface area contributed by atoms with Gasteiger partial charge in [-0.3, -0.25) is 20.0 Å². The highest BCUT2D eigenvalue weighted by Crippen LogP contribution is 2.33. The molecule has 2 fully saturated rings. The third kappa shape index (κ3) is 4.86. The highest BCUT2D eigenvalue weighted by Gasteiger charge is 2.21. The Hall–Kier alpha value is -3.89. The molecule has 3 N–H and O–H groups in total. The third-order valence-electron chi connectivity index (χ3n) is 7.87. The highest BCUT2D eigenvalue weighted by molar-refractivity contribution is 5.96. The number of halogens is 1. The maximum absolute atomic E-state index is 14.7. The van der Waals surface area contributed by atoms with E-state index in [2.05, 4.69) is 36.4 Å². The van der Waals surface area contributed by atoms with Crippen molar-refractivity contribution in [1.82, 2.24) is 40.3 Å². The molecule has 5 aromatic rings. The minimum absolute atomic E-state index is 0.366. The second-order valence-electron chi connectivity index (χ2n) is 10.5. The SMILES string of the molecule is Fc1cc(OCCN2CCCC2)cc(-c2nccc3[nH]c(-c4n[nH]c5cnc(C6CCNCC6)cc45)nc23)c1. The first kappa shape index (κ1) is 24.2. The van der Waals surface area contributed by atoms with E-state index in [0.717, 1.165) is 73.4 Å². The van der Waals surface area contributed by atoms with Crippen LogP contribution in [0.25, 0.3) is 44.7 Å². The lowest BCUT2D eigenvalue weighted by atomic mass is 9.93. The van der Waals surface area contributed by atoms with Gasteiger partial charge < -0.3 is 15.0 Å². The van der Waals surface area contributed by atoms with Gasteiger partial charge in [0.2, 0.25) is 0 Å². The fourth-order valence-electron chi connectivity index (χ4n) is 5.79. The minimum Gasteiger partial charge on any atom is -0.492 e. The number of likely N-dealkylation sites (tertiary alicyclic amines) is 1. The molecule has 0 amide bonds. The zero-order chi connectivity index (χ0) is 26.2. The number of hydrogen-bond acceptors (Lipinski definition) is 7. The molecule has 2 aliphatic rings. The first-order chi connectivity index (χ1) is 19.2. The number of pyridine rings is 2. The van der Waals surface area contributed by atoms with E-state index in [1.807, 2.05) is 18.3 Å². The maximum Gasteiger partial charge on any atom is 0.159 e. The molecule has 6 heterocycles. The predicted octanol–water partition coefficient (Wildman–Crippen LogP) is 4.64. The van der Waals surface area contributed by atoms with Crippen molar-refractivity contribution in [2.24, 2.45) is 0 Å². The van der Waals surface area contributed by atoms with Crippen molar-refractivity contribution in [2.45, 2.75) is 31.6 Å². The first-order valence-corrected chi connectivity index (χ1v) is 13.8. The normalized spacial score (nSPS) is 16.9. The molecule has 4 aromatic heterocycles. The largest absolute Gasteiger partial charge is 0.492 e. The second-order valence-corrected chi connectivity index (χ2v) is 10.5. The molecule has 200 valence electrons. The molecule has 0 aliphatic carbocycles. The molecule has 0 saturated carbocycles. The number of rotatable bonds is 7. The number of imidazole rings is 1. The van der Waals surface area contributed by atoms with Crippen LogP contribution in [-0.4, -0.2) is 74.4 Å². The van der Waals surface area contributed by atoms with Gasteiger partial charge >= 0.3 is 0 Å². The summed E-state index contributed by atoms with van der Waals surface area (Å²) in [6.07, 6.45) is 8.18. The molecule has 39 heavy (non-hydrogen) atoms. The van der Waals surface area contributed by atoms with Crippen molar-refractivity contribution in [2.75, 3.05) is 39.3 Å². The van der Waals surface area contributed by atoms with Crippen LogP contribution in [0.1, 0.15) is 37.3 Å². The zero-order valence-electron chi connectivity index (χ0n) is 21.7. The van der Waals surface area contributed by atoms with Crippen molar-refractivity contribution in [3.05, 3.63) is 54.2 Å². The molecular formula is C29H31FN8O. The molecule has 9 nitrogen and oxygen atoms in total. The summed E-state index contributed by atoms with van der Waals surface area (Å²) in [6, 6.07) is 8.75. The lowest BCUT2D eigenvalue weighted by Crippen LogP contribution is -2.27. The molecule has 0 radical (unpaired) electrons. The van der Waals surface area contributed by atoms with E-state index in [1.165, 1.54) is 25.0 Å². The smallest absolute Gasteiger partial charge is 0.159 e. The van der Waals surface area contributed by atoms with Crippen LogP contribution in [0.3, 0.4) is 0 Å². The zero-order valence-corrected chi connectivity index (χ0v) is 21.7. The van der Waals surface area contributed by atoms with Crippen LogP contribution in [0.15, 0.2) is 42.7 Å². The van der Waals surface area contributed by atoms with E-state index in [1.54, 1.807) is 6.20 Å². The summed E-state index contributed by atoms with van der Waals surface area (Å²) in [5.74, 6) is 1.19. The van der Waals surface area contributed by atoms with Crippen molar-refractivity contribution in [1.29, 1.82) is 0 Å². The van der Waals surface area contributed by atoms with Gasteiger partial charge in [-0.15, -0.1) is 0 Å². The fraction of sp³-hybridized carbons (Fsp3) is 0.379. The van der Waals surface area contributed by atoms with Gasteiger partial charge in [0.05, 0.1) is 22.9 Å².